The van der Waals surface area contributed by atoms with Crippen LogP contribution in [0.25, 0.3) is 0 Å². The van der Waals surface area contributed by atoms with Crippen LogP contribution in [0.1, 0.15) is 70.0 Å². The van der Waals surface area contributed by atoms with Gasteiger partial charge in [0.2, 0.25) is 5.89 Å². The Morgan fingerprint density at radius 3 is 2.85 bits per heavy atom. The number of hydrogen-bond acceptors (Lipinski definition) is 4. The molecule has 2 aliphatic rings. The first kappa shape index (κ1) is 14.1. The van der Waals surface area contributed by atoms with E-state index in [1.165, 1.54) is 51.6 Å². The molecule has 112 valence electrons. The summed E-state index contributed by atoms with van der Waals surface area (Å²) in [5.74, 6) is 2.87. The van der Waals surface area contributed by atoms with Gasteiger partial charge in [-0.05, 0) is 51.1 Å². The highest BCUT2D eigenvalue weighted by molar-refractivity contribution is 4.93. The third kappa shape index (κ3) is 3.05. The maximum Gasteiger partial charge on any atom is 0.226 e. The Hall–Kier alpha value is -0.900. The van der Waals surface area contributed by atoms with Crippen LogP contribution in [-0.2, 0) is 6.42 Å². The summed E-state index contributed by atoms with van der Waals surface area (Å²) in [6, 6.07) is 0.824. The quantitative estimate of drug-likeness (QED) is 0.846. The molecule has 2 atom stereocenters. The van der Waals surface area contributed by atoms with Crippen molar-refractivity contribution in [2.75, 3.05) is 13.1 Å². The van der Waals surface area contributed by atoms with Gasteiger partial charge in [0, 0.05) is 18.4 Å². The lowest BCUT2D eigenvalue weighted by Crippen LogP contribution is -2.48. The molecule has 0 saturated carbocycles. The zero-order chi connectivity index (χ0) is 13.9. The van der Waals surface area contributed by atoms with Crippen molar-refractivity contribution in [2.45, 2.75) is 70.8 Å². The Labute approximate surface area is 121 Å². The molecule has 2 fully saturated rings. The van der Waals surface area contributed by atoms with E-state index in [0.29, 0.717) is 5.92 Å². The van der Waals surface area contributed by atoms with Gasteiger partial charge in [0.25, 0.3) is 0 Å². The van der Waals surface area contributed by atoms with E-state index >= 15 is 0 Å². The van der Waals surface area contributed by atoms with Crippen LogP contribution in [0, 0.1) is 5.92 Å². The molecular formula is C16H27N3O. The fraction of sp³-hybridized carbons (Fsp3) is 0.875. The average molecular weight is 277 g/mol. The molecule has 0 spiro atoms. The molecule has 2 saturated heterocycles. The minimum Gasteiger partial charge on any atom is -0.339 e. The van der Waals surface area contributed by atoms with Crippen LogP contribution in [0.2, 0.25) is 0 Å². The van der Waals surface area contributed by atoms with E-state index in [9.17, 15) is 0 Å². The minimum absolute atomic E-state index is 0.357. The SMILES string of the molecule is CC(C)c1noc(CC[C@@H]2CCCN3CCCC[C@H]23)n1. The van der Waals surface area contributed by atoms with E-state index in [1.54, 1.807) is 0 Å². The van der Waals surface area contributed by atoms with E-state index < -0.39 is 0 Å². The van der Waals surface area contributed by atoms with Crippen molar-refractivity contribution in [1.82, 2.24) is 15.0 Å². The van der Waals surface area contributed by atoms with Gasteiger partial charge in [0.05, 0.1) is 0 Å². The van der Waals surface area contributed by atoms with E-state index in [4.69, 9.17) is 4.52 Å². The smallest absolute Gasteiger partial charge is 0.226 e. The molecule has 3 heterocycles. The van der Waals surface area contributed by atoms with Crippen molar-refractivity contribution in [1.29, 1.82) is 0 Å². The van der Waals surface area contributed by atoms with Crippen LogP contribution in [0.3, 0.4) is 0 Å². The number of piperidine rings is 2. The fourth-order valence-corrected chi connectivity index (χ4v) is 3.83. The van der Waals surface area contributed by atoms with Gasteiger partial charge in [-0.25, -0.2) is 0 Å². The molecule has 2 aliphatic heterocycles. The summed E-state index contributed by atoms with van der Waals surface area (Å²) < 4.78 is 5.38. The molecule has 0 aromatic carbocycles. The predicted octanol–water partition coefficient (Wildman–Crippen LogP) is 3.39. The van der Waals surface area contributed by atoms with Crippen molar-refractivity contribution in [3.05, 3.63) is 11.7 Å². The molecule has 0 aliphatic carbocycles. The lowest BCUT2D eigenvalue weighted by Gasteiger charge is -2.44. The maximum atomic E-state index is 5.38. The molecule has 3 rings (SSSR count). The van der Waals surface area contributed by atoms with Gasteiger partial charge in [-0.15, -0.1) is 0 Å². The summed E-state index contributed by atoms with van der Waals surface area (Å²) in [5, 5.41) is 4.06. The van der Waals surface area contributed by atoms with E-state index in [0.717, 1.165) is 30.1 Å². The minimum atomic E-state index is 0.357. The van der Waals surface area contributed by atoms with E-state index in [1.807, 2.05) is 0 Å². The number of aromatic nitrogens is 2. The van der Waals surface area contributed by atoms with Crippen LogP contribution in [-0.4, -0.2) is 34.2 Å². The second kappa shape index (κ2) is 6.25. The number of nitrogens with zero attached hydrogens (tertiary/aromatic N) is 3. The fourth-order valence-electron chi connectivity index (χ4n) is 3.83. The van der Waals surface area contributed by atoms with Crippen molar-refractivity contribution in [3.8, 4) is 0 Å². The van der Waals surface area contributed by atoms with Gasteiger partial charge in [-0.1, -0.05) is 25.4 Å². The Bertz CT molecular complexity index is 427. The van der Waals surface area contributed by atoms with Gasteiger partial charge in [-0.2, -0.15) is 4.98 Å². The normalized spacial score (nSPS) is 27.8. The predicted molar refractivity (Wildman–Crippen MR) is 78.6 cm³/mol. The van der Waals surface area contributed by atoms with Gasteiger partial charge < -0.3 is 9.42 Å². The molecule has 0 radical (unpaired) electrons. The number of fused-ring (bicyclic) bond motifs is 1. The largest absolute Gasteiger partial charge is 0.339 e. The molecule has 4 heteroatoms. The second-order valence-corrected chi connectivity index (χ2v) is 6.74. The zero-order valence-electron chi connectivity index (χ0n) is 12.8. The average Bonchev–Trinajstić information content (AvgIpc) is 2.94. The first-order valence-electron chi connectivity index (χ1n) is 8.30. The molecule has 4 nitrogen and oxygen atoms in total. The van der Waals surface area contributed by atoms with Crippen molar-refractivity contribution in [3.63, 3.8) is 0 Å². The van der Waals surface area contributed by atoms with Crippen molar-refractivity contribution >= 4 is 0 Å². The Morgan fingerprint density at radius 1 is 1.20 bits per heavy atom. The van der Waals surface area contributed by atoms with Gasteiger partial charge >= 0.3 is 0 Å². The highest BCUT2D eigenvalue weighted by Gasteiger charge is 2.32. The first-order chi connectivity index (χ1) is 9.74. The molecule has 20 heavy (non-hydrogen) atoms. The number of rotatable bonds is 4. The molecule has 0 unspecified atom stereocenters. The second-order valence-electron chi connectivity index (χ2n) is 6.74. The summed E-state index contributed by atoms with van der Waals surface area (Å²) in [4.78, 5) is 7.23. The topological polar surface area (TPSA) is 42.2 Å². The molecule has 0 amide bonds. The Morgan fingerprint density at radius 2 is 2.05 bits per heavy atom. The number of aryl methyl sites for hydroxylation is 1. The van der Waals surface area contributed by atoms with Gasteiger partial charge in [0.1, 0.15) is 0 Å². The van der Waals surface area contributed by atoms with Crippen molar-refractivity contribution < 1.29 is 4.52 Å². The molecular weight excluding hydrogens is 250 g/mol. The Kier molecular flexibility index (Phi) is 4.39. The summed E-state index contributed by atoms with van der Waals surface area (Å²) in [5.41, 5.74) is 0. The third-order valence-corrected chi connectivity index (χ3v) is 4.96. The first-order valence-corrected chi connectivity index (χ1v) is 8.30. The van der Waals surface area contributed by atoms with Crippen LogP contribution in [0.4, 0.5) is 0 Å². The highest BCUT2D eigenvalue weighted by atomic mass is 16.5. The van der Waals surface area contributed by atoms with E-state index in [2.05, 4.69) is 28.9 Å². The standard InChI is InChI=1S/C16H27N3O/c1-12(2)16-17-15(20-18-16)9-8-13-6-5-11-19-10-4-3-7-14(13)19/h12-14H,3-11H2,1-2H3/t13-,14+/m0/s1. The van der Waals surface area contributed by atoms with Gasteiger partial charge in [-0.3, -0.25) is 0 Å². The van der Waals surface area contributed by atoms with Crippen molar-refractivity contribution in [2.24, 2.45) is 5.92 Å². The summed E-state index contributed by atoms with van der Waals surface area (Å²) in [7, 11) is 0. The number of hydrogen-bond donors (Lipinski definition) is 0. The molecule has 0 bridgehead atoms. The summed E-state index contributed by atoms with van der Waals surface area (Å²) in [6.07, 6.45) is 9.11. The lowest BCUT2D eigenvalue weighted by atomic mass is 9.81. The maximum absolute atomic E-state index is 5.38. The zero-order valence-corrected chi connectivity index (χ0v) is 12.8. The molecule has 1 aromatic heterocycles. The monoisotopic (exact) mass is 277 g/mol. The summed E-state index contributed by atoms with van der Waals surface area (Å²) >= 11 is 0. The van der Waals surface area contributed by atoms with Crippen LogP contribution < -0.4 is 0 Å². The van der Waals surface area contributed by atoms with Crippen LogP contribution >= 0.6 is 0 Å². The third-order valence-electron chi connectivity index (χ3n) is 4.96. The highest BCUT2D eigenvalue weighted by Crippen LogP contribution is 2.33. The molecule has 0 N–H and O–H groups in total. The Balaban J connectivity index is 1.56. The van der Waals surface area contributed by atoms with Crippen LogP contribution in [0.5, 0.6) is 0 Å². The van der Waals surface area contributed by atoms with Gasteiger partial charge in [0.15, 0.2) is 5.82 Å². The summed E-state index contributed by atoms with van der Waals surface area (Å²) in [6.45, 7) is 6.85. The lowest BCUT2D eigenvalue weighted by molar-refractivity contribution is 0.0551. The molecule has 1 aromatic rings. The van der Waals surface area contributed by atoms with Crippen LogP contribution in [0.15, 0.2) is 4.52 Å². The van der Waals surface area contributed by atoms with E-state index in [-0.39, 0.29) is 0 Å².